The van der Waals surface area contributed by atoms with Crippen LogP contribution in [0.3, 0.4) is 0 Å². The maximum atomic E-state index is 12.4. The molecule has 1 atom stereocenters. The molecule has 1 amide bonds. The van der Waals surface area contributed by atoms with Crippen LogP contribution >= 0.6 is 0 Å². The van der Waals surface area contributed by atoms with Gasteiger partial charge in [0.15, 0.2) is 0 Å². The number of imidazole rings is 1. The number of amides is 1. The van der Waals surface area contributed by atoms with E-state index in [1.165, 1.54) is 0 Å². The number of rotatable bonds is 6. The van der Waals surface area contributed by atoms with E-state index in [0.717, 1.165) is 39.0 Å². The summed E-state index contributed by atoms with van der Waals surface area (Å²) in [4.78, 5) is 20.8. The number of carbonyl (C=O) groups is 1. The molecule has 1 N–H and O–H groups in total. The van der Waals surface area contributed by atoms with E-state index in [1.54, 1.807) is 6.20 Å². The molecule has 6 nitrogen and oxygen atoms in total. The summed E-state index contributed by atoms with van der Waals surface area (Å²) in [6.07, 6.45) is 4.81. The summed E-state index contributed by atoms with van der Waals surface area (Å²) < 4.78 is 1.88. The van der Waals surface area contributed by atoms with Crippen LogP contribution in [0.5, 0.6) is 0 Å². The quantitative estimate of drug-likeness (QED) is 0.860. The minimum atomic E-state index is -0.821. The van der Waals surface area contributed by atoms with Crippen molar-refractivity contribution in [3.8, 4) is 0 Å². The molecule has 1 unspecified atom stereocenters. The molecular weight excluding hydrogens is 280 g/mol. The van der Waals surface area contributed by atoms with Gasteiger partial charge in [-0.2, -0.15) is 0 Å². The zero-order valence-corrected chi connectivity index (χ0v) is 13.9. The van der Waals surface area contributed by atoms with Crippen molar-refractivity contribution in [1.82, 2.24) is 19.4 Å². The van der Waals surface area contributed by atoms with Crippen molar-refractivity contribution in [2.24, 2.45) is 0 Å². The van der Waals surface area contributed by atoms with Crippen LogP contribution < -0.4 is 0 Å². The van der Waals surface area contributed by atoms with Crippen molar-refractivity contribution in [2.45, 2.75) is 51.8 Å². The normalized spacial score (nSPS) is 18.0. The van der Waals surface area contributed by atoms with Gasteiger partial charge >= 0.3 is 0 Å². The molecule has 0 saturated carbocycles. The summed E-state index contributed by atoms with van der Waals surface area (Å²) >= 11 is 0. The minimum absolute atomic E-state index is 0.0238. The second kappa shape index (κ2) is 7.74. The first-order valence-electron chi connectivity index (χ1n) is 8.23. The molecule has 1 aromatic heterocycles. The van der Waals surface area contributed by atoms with Gasteiger partial charge in [-0.3, -0.25) is 4.79 Å². The first-order valence-corrected chi connectivity index (χ1v) is 8.23. The van der Waals surface area contributed by atoms with E-state index in [0.29, 0.717) is 11.9 Å². The Morgan fingerprint density at radius 1 is 1.45 bits per heavy atom. The summed E-state index contributed by atoms with van der Waals surface area (Å²) in [5.74, 6) is 0.604. The van der Waals surface area contributed by atoms with Crippen molar-refractivity contribution < 1.29 is 9.90 Å². The molecule has 0 aromatic carbocycles. The molecular formula is C16H28N4O2. The number of aryl methyl sites for hydroxylation is 1. The molecule has 22 heavy (non-hydrogen) atoms. The topological polar surface area (TPSA) is 61.6 Å². The highest BCUT2D eigenvalue weighted by molar-refractivity contribution is 5.76. The third-order valence-electron chi connectivity index (χ3n) is 4.69. The van der Waals surface area contributed by atoms with Crippen molar-refractivity contribution in [2.75, 3.05) is 26.7 Å². The van der Waals surface area contributed by atoms with E-state index < -0.39 is 6.10 Å². The molecule has 124 valence electrons. The lowest BCUT2D eigenvalue weighted by Gasteiger charge is -2.36. The molecule has 2 rings (SSSR count). The smallest absolute Gasteiger partial charge is 0.225 e. The predicted octanol–water partition coefficient (Wildman–Crippen LogP) is 1.27. The van der Waals surface area contributed by atoms with E-state index in [2.05, 4.69) is 23.9 Å². The molecule has 1 aliphatic rings. The van der Waals surface area contributed by atoms with Gasteiger partial charge in [0.05, 0.1) is 6.42 Å². The zero-order valence-electron chi connectivity index (χ0n) is 13.9. The fraction of sp³-hybridized carbons (Fsp3) is 0.750. The lowest BCUT2D eigenvalue weighted by atomic mass is 10.0. The molecule has 1 saturated heterocycles. The molecule has 0 bridgehead atoms. The molecule has 0 radical (unpaired) electrons. The van der Waals surface area contributed by atoms with Gasteiger partial charge in [0.25, 0.3) is 0 Å². The number of nitrogens with zero attached hydrogens (tertiary/aromatic N) is 4. The number of aliphatic hydroxyl groups excluding tert-OH is 1. The zero-order chi connectivity index (χ0) is 16.1. The summed E-state index contributed by atoms with van der Waals surface area (Å²) in [7, 11) is 2.14. The number of aliphatic hydroxyl groups is 1. The van der Waals surface area contributed by atoms with Gasteiger partial charge in [-0.25, -0.2) is 4.98 Å². The summed E-state index contributed by atoms with van der Waals surface area (Å²) in [5.41, 5.74) is 0. The average molecular weight is 308 g/mol. The number of piperidine rings is 1. The Labute approximate surface area is 132 Å². The van der Waals surface area contributed by atoms with Gasteiger partial charge in [-0.15, -0.1) is 0 Å². The van der Waals surface area contributed by atoms with Crippen molar-refractivity contribution in [3.63, 3.8) is 0 Å². The Hall–Kier alpha value is -1.40. The molecule has 1 fully saturated rings. The standard InChI is InChI=1S/C16H28N4O2/c1-4-18(3)13-6-9-20(10-7-13)15(22)12-14(21)16-17-8-11-19(16)5-2/h8,11,13-14,21H,4-7,9-10,12H2,1-3H3. The van der Waals surface area contributed by atoms with Crippen LogP contribution in [-0.4, -0.2) is 63.1 Å². The van der Waals surface area contributed by atoms with E-state index in [9.17, 15) is 9.90 Å². The van der Waals surface area contributed by atoms with Gasteiger partial charge in [0.1, 0.15) is 11.9 Å². The number of hydrogen-bond acceptors (Lipinski definition) is 4. The Morgan fingerprint density at radius 3 is 2.73 bits per heavy atom. The van der Waals surface area contributed by atoms with Crippen molar-refractivity contribution in [3.05, 3.63) is 18.2 Å². The Kier molecular flexibility index (Phi) is 5.97. The van der Waals surface area contributed by atoms with Gasteiger partial charge < -0.3 is 19.5 Å². The van der Waals surface area contributed by atoms with Gasteiger partial charge in [0.2, 0.25) is 5.91 Å². The van der Waals surface area contributed by atoms with Gasteiger partial charge in [-0.1, -0.05) is 6.92 Å². The number of likely N-dealkylation sites (tertiary alicyclic amines) is 1. The third-order valence-corrected chi connectivity index (χ3v) is 4.69. The van der Waals surface area contributed by atoms with E-state index in [1.807, 2.05) is 22.6 Å². The number of hydrogen-bond donors (Lipinski definition) is 1. The molecule has 6 heteroatoms. The molecule has 1 aliphatic heterocycles. The van der Waals surface area contributed by atoms with Crippen molar-refractivity contribution in [1.29, 1.82) is 0 Å². The van der Waals surface area contributed by atoms with Crippen LogP contribution in [0.25, 0.3) is 0 Å². The highest BCUT2D eigenvalue weighted by atomic mass is 16.3. The van der Waals surface area contributed by atoms with Crippen LogP contribution in [0.2, 0.25) is 0 Å². The molecule has 0 spiro atoms. The Morgan fingerprint density at radius 2 is 2.14 bits per heavy atom. The maximum Gasteiger partial charge on any atom is 0.225 e. The van der Waals surface area contributed by atoms with Crippen LogP contribution in [0.15, 0.2) is 12.4 Å². The number of aromatic nitrogens is 2. The second-order valence-electron chi connectivity index (χ2n) is 5.98. The lowest BCUT2D eigenvalue weighted by Crippen LogP contribution is -2.45. The van der Waals surface area contributed by atoms with Crippen LogP contribution in [0.4, 0.5) is 0 Å². The van der Waals surface area contributed by atoms with E-state index in [-0.39, 0.29) is 12.3 Å². The average Bonchev–Trinajstić information content (AvgIpc) is 3.02. The molecule has 1 aromatic rings. The van der Waals surface area contributed by atoms with Gasteiger partial charge in [0, 0.05) is 38.1 Å². The highest BCUT2D eigenvalue weighted by Gasteiger charge is 2.27. The Balaban J connectivity index is 1.86. The fourth-order valence-electron chi connectivity index (χ4n) is 3.09. The SMILES string of the molecule is CCN(C)C1CCN(C(=O)CC(O)c2nccn2CC)CC1. The fourth-order valence-corrected chi connectivity index (χ4v) is 3.09. The number of carbonyl (C=O) groups excluding carboxylic acids is 1. The first kappa shape index (κ1) is 17.0. The second-order valence-corrected chi connectivity index (χ2v) is 5.98. The van der Waals surface area contributed by atoms with Crippen LogP contribution in [-0.2, 0) is 11.3 Å². The van der Waals surface area contributed by atoms with Crippen LogP contribution in [0, 0.1) is 0 Å². The largest absolute Gasteiger partial charge is 0.385 e. The van der Waals surface area contributed by atoms with E-state index >= 15 is 0 Å². The van der Waals surface area contributed by atoms with Gasteiger partial charge in [-0.05, 0) is 33.4 Å². The molecule has 0 aliphatic carbocycles. The summed E-state index contributed by atoms with van der Waals surface area (Å²) in [6.45, 7) is 7.50. The lowest BCUT2D eigenvalue weighted by molar-refractivity contribution is -0.135. The van der Waals surface area contributed by atoms with E-state index in [4.69, 9.17) is 0 Å². The molecule has 2 heterocycles. The summed E-state index contributed by atoms with van der Waals surface area (Å²) in [5, 5.41) is 10.3. The highest BCUT2D eigenvalue weighted by Crippen LogP contribution is 2.20. The monoisotopic (exact) mass is 308 g/mol. The Bertz CT molecular complexity index is 480. The summed E-state index contributed by atoms with van der Waals surface area (Å²) in [6, 6.07) is 0.568. The van der Waals surface area contributed by atoms with Crippen molar-refractivity contribution >= 4 is 5.91 Å². The predicted molar refractivity (Wildman–Crippen MR) is 85.4 cm³/mol. The first-order chi connectivity index (χ1) is 10.6. The van der Waals surface area contributed by atoms with Crippen LogP contribution in [0.1, 0.15) is 45.0 Å². The minimum Gasteiger partial charge on any atom is -0.385 e. The maximum absolute atomic E-state index is 12.4. The third kappa shape index (κ3) is 3.87.